The fourth-order valence-corrected chi connectivity index (χ4v) is 5.30. The second-order valence-corrected chi connectivity index (χ2v) is 10.4. The summed E-state index contributed by atoms with van der Waals surface area (Å²) < 4.78 is 21.4. The number of aliphatic carboxylic acids is 1. The molecule has 1 atom stereocenters. The molecule has 10 heteroatoms. The highest BCUT2D eigenvalue weighted by Crippen LogP contribution is 2.28. The van der Waals surface area contributed by atoms with E-state index in [1.807, 2.05) is 47.0 Å². The zero-order valence-corrected chi connectivity index (χ0v) is 23.2. The summed E-state index contributed by atoms with van der Waals surface area (Å²) in [5.41, 5.74) is 21.6. The van der Waals surface area contributed by atoms with Crippen LogP contribution >= 0.6 is 0 Å². The highest BCUT2D eigenvalue weighted by atomic mass is 16.5. The fraction of sp³-hybridized carbons (Fsp3) is 0.323. The lowest BCUT2D eigenvalue weighted by molar-refractivity contribution is -0.549. The SMILES string of the molecule is COc1ccc(C(N)=[N+]2CCC(Oc3ccc(C(Oc4ccc5c(c4)C[N+](=C(N)N)CC5)C(=O)O)cc3)CC2)cc1. The van der Waals surface area contributed by atoms with Gasteiger partial charge < -0.3 is 19.3 Å². The van der Waals surface area contributed by atoms with Crippen molar-refractivity contribution in [2.75, 3.05) is 26.7 Å². The number of amidine groups is 1. The average molecular weight is 560 g/mol. The van der Waals surface area contributed by atoms with Crippen LogP contribution in [-0.2, 0) is 17.8 Å². The van der Waals surface area contributed by atoms with Crippen LogP contribution in [0.5, 0.6) is 17.2 Å². The van der Waals surface area contributed by atoms with Crippen LogP contribution in [0.2, 0.25) is 0 Å². The van der Waals surface area contributed by atoms with Gasteiger partial charge in [0.25, 0.3) is 5.84 Å². The highest BCUT2D eigenvalue weighted by molar-refractivity contribution is 5.93. The molecule has 2 aliphatic heterocycles. The average Bonchev–Trinajstić information content (AvgIpc) is 3.00. The van der Waals surface area contributed by atoms with E-state index in [-0.39, 0.29) is 12.1 Å². The van der Waals surface area contributed by atoms with E-state index in [1.54, 1.807) is 31.4 Å². The Morgan fingerprint density at radius 2 is 1.51 bits per heavy atom. The summed E-state index contributed by atoms with van der Waals surface area (Å²) in [5, 5.41) is 9.93. The van der Waals surface area contributed by atoms with E-state index in [4.69, 9.17) is 31.4 Å². The van der Waals surface area contributed by atoms with Gasteiger partial charge in [-0.1, -0.05) is 18.2 Å². The van der Waals surface area contributed by atoms with Gasteiger partial charge in [-0.15, -0.1) is 0 Å². The number of piperidine rings is 1. The van der Waals surface area contributed by atoms with Crippen LogP contribution in [0, 0.1) is 0 Å². The molecule has 41 heavy (non-hydrogen) atoms. The lowest BCUT2D eigenvalue weighted by Gasteiger charge is -2.25. The smallest absolute Gasteiger partial charge is 0.349 e. The van der Waals surface area contributed by atoms with Gasteiger partial charge in [0.1, 0.15) is 23.4 Å². The van der Waals surface area contributed by atoms with Gasteiger partial charge in [-0.2, -0.15) is 0 Å². The molecule has 0 aromatic heterocycles. The van der Waals surface area contributed by atoms with Crippen LogP contribution in [0.3, 0.4) is 0 Å². The standard InChI is InChI=1S/C31H35N5O5/c1-39-24-7-5-22(6-8-24)29(32)35-16-13-26(14-17-35)40-25-9-3-21(4-10-25)28(30(37)38)41-27-11-2-20-12-15-36(31(33)34)19-23(20)18-27/h2-11,18,26,28,32H,12-17,19H2,1H3,(H4,33,34,37,38)/p+2. The Balaban J connectivity index is 1.20. The summed E-state index contributed by atoms with van der Waals surface area (Å²) in [6.45, 7) is 2.87. The molecule has 0 aliphatic carbocycles. The molecule has 0 bridgehead atoms. The minimum Gasteiger partial charge on any atom is -0.497 e. The Morgan fingerprint density at radius 3 is 2.15 bits per heavy atom. The first-order valence-corrected chi connectivity index (χ1v) is 13.7. The minimum atomic E-state index is -1.16. The van der Waals surface area contributed by atoms with Crippen molar-refractivity contribution in [3.63, 3.8) is 0 Å². The summed E-state index contributed by atoms with van der Waals surface area (Å²) in [5.74, 6) is 1.90. The van der Waals surface area contributed by atoms with Gasteiger partial charge in [-0.05, 0) is 59.7 Å². The molecule has 214 valence electrons. The third kappa shape index (κ3) is 6.54. The van der Waals surface area contributed by atoms with Crippen LogP contribution in [0.25, 0.3) is 0 Å². The number of benzene rings is 3. The van der Waals surface area contributed by atoms with E-state index in [9.17, 15) is 9.90 Å². The number of carboxylic acids is 1. The van der Waals surface area contributed by atoms with E-state index in [0.717, 1.165) is 61.6 Å². The molecule has 0 amide bonds. The maximum Gasteiger partial charge on any atom is 0.349 e. The van der Waals surface area contributed by atoms with Crippen molar-refractivity contribution >= 4 is 17.8 Å². The monoisotopic (exact) mass is 559 g/mol. The van der Waals surface area contributed by atoms with Gasteiger partial charge in [-0.3, -0.25) is 26.4 Å². The first-order chi connectivity index (χ1) is 19.8. The Morgan fingerprint density at radius 1 is 0.854 bits per heavy atom. The van der Waals surface area contributed by atoms with Gasteiger partial charge in [0.15, 0.2) is 0 Å². The molecule has 3 aromatic carbocycles. The Labute approximate surface area is 239 Å². The van der Waals surface area contributed by atoms with Gasteiger partial charge in [0.2, 0.25) is 6.10 Å². The van der Waals surface area contributed by atoms with Crippen LogP contribution < -0.4 is 31.4 Å². The topological polar surface area (TPSA) is 149 Å². The summed E-state index contributed by atoms with van der Waals surface area (Å²) >= 11 is 0. The molecule has 0 saturated carbocycles. The fourth-order valence-electron chi connectivity index (χ4n) is 5.30. The second kappa shape index (κ2) is 12.2. The van der Waals surface area contributed by atoms with Crippen molar-refractivity contribution in [3.05, 3.63) is 89.0 Å². The molecular formula is C31H37N5O5+2. The second-order valence-electron chi connectivity index (χ2n) is 10.4. The highest BCUT2D eigenvalue weighted by Gasteiger charge is 2.26. The van der Waals surface area contributed by atoms with Gasteiger partial charge >= 0.3 is 11.9 Å². The van der Waals surface area contributed by atoms with E-state index in [1.165, 1.54) is 5.56 Å². The zero-order valence-electron chi connectivity index (χ0n) is 23.2. The van der Waals surface area contributed by atoms with Crippen molar-refractivity contribution in [1.82, 2.24) is 0 Å². The summed E-state index contributed by atoms with van der Waals surface area (Å²) in [4.78, 5) is 12.1. The molecule has 0 radical (unpaired) electrons. The van der Waals surface area contributed by atoms with Crippen molar-refractivity contribution < 1.29 is 33.3 Å². The normalized spacial score (nSPS) is 17.2. The van der Waals surface area contributed by atoms with E-state index in [0.29, 0.717) is 23.6 Å². The third-order valence-corrected chi connectivity index (χ3v) is 7.69. The lowest BCUT2D eigenvalue weighted by Crippen LogP contribution is -2.39. The maximum atomic E-state index is 12.1. The first-order valence-electron chi connectivity index (χ1n) is 13.7. The van der Waals surface area contributed by atoms with Gasteiger partial charge in [0, 0.05) is 24.8 Å². The number of nitrogens with zero attached hydrogens (tertiary/aromatic N) is 2. The number of carboxylic acid groups (broad SMARTS) is 1. The van der Waals surface area contributed by atoms with Crippen LogP contribution in [-0.4, -0.2) is 64.9 Å². The van der Waals surface area contributed by atoms with E-state index >= 15 is 0 Å². The predicted molar refractivity (Wildman–Crippen MR) is 155 cm³/mol. The quantitative estimate of drug-likeness (QED) is 0.242. The van der Waals surface area contributed by atoms with Crippen molar-refractivity contribution in [2.24, 2.45) is 17.2 Å². The maximum absolute atomic E-state index is 12.1. The molecule has 10 nitrogen and oxygen atoms in total. The van der Waals surface area contributed by atoms with E-state index in [2.05, 4.69) is 4.58 Å². The Kier molecular flexibility index (Phi) is 8.28. The number of hydrogen-bond donors (Lipinski definition) is 4. The number of methoxy groups -OCH3 is 1. The number of hydrogen-bond acceptors (Lipinski definition) is 4. The van der Waals surface area contributed by atoms with Crippen molar-refractivity contribution in [3.8, 4) is 17.2 Å². The Hall–Kier alpha value is -4.73. The van der Waals surface area contributed by atoms with Gasteiger partial charge in [-0.25, -0.2) is 4.79 Å². The first kappa shape index (κ1) is 27.8. The number of rotatable bonds is 8. The Bertz CT molecular complexity index is 1450. The molecular weight excluding hydrogens is 522 g/mol. The third-order valence-electron chi connectivity index (χ3n) is 7.69. The zero-order chi connectivity index (χ0) is 28.9. The van der Waals surface area contributed by atoms with Gasteiger partial charge in [0.05, 0.1) is 38.9 Å². The number of nitrogens with two attached hydrogens (primary N) is 3. The molecule has 2 aliphatic rings. The van der Waals surface area contributed by atoms with Crippen LogP contribution in [0.1, 0.15) is 41.2 Å². The molecule has 7 N–H and O–H groups in total. The molecule has 3 aromatic rings. The summed E-state index contributed by atoms with van der Waals surface area (Å²) in [7, 11) is 1.64. The van der Waals surface area contributed by atoms with Crippen LogP contribution in [0.4, 0.5) is 0 Å². The number of carbonyl (C=O) groups is 1. The number of ether oxygens (including phenoxy) is 3. The summed E-state index contributed by atoms with van der Waals surface area (Å²) in [6.07, 6.45) is 1.34. The largest absolute Gasteiger partial charge is 0.497 e. The van der Waals surface area contributed by atoms with E-state index < -0.39 is 12.1 Å². The molecule has 1 fully saturated rings. The molecule has 1 unspecified atom stereocenters. The molecule has 5 rings (SSSR count). The van der Waals surface area contributed by atoms with Crippen molar-refractivity contribution in [1.29, 1.82) is 0 Å². The minimum absolute atomic E-state index is 0.0437. The molecule has 0 spiro atoms. The van der Waals surface area contributed by atoms with Crippen LogP contribution in [0.15, 0.2) is 66.7 Å². The lowest BCUT2D eigenvalue weighted by atomic mass is 10.0. The number of guanidine groups is 1. The number of fused-ring (bicyclic) bond motifs is 1. The molecule has 2 heterocycles. The molecule has 1 saturated heterocycles. The summed E-state index contributed by atoms with van der Waals surface area (Å²) in [6, 6.07) is 20.4. The van der Waals surface area contributed by atoms with Crippen molar-refractivity contribution in [2.45, 2.75) is 38.0 Å². The predicted octanol–water partition coefficient (Wildman–Crippen LogP) is 2.20.